The highest BCUT2D eigenvalue weighted by atomic mass is 16.5. The van der Waals surface area contributed by atoms with Gasteiger partial charge in [-0.15, -0.1) is 0 Å². The summed E-state index contributed by atoms with van der Waals surface area (Å²) in [5.74, 6) is 1.26. The van der Waals surface area contributed by atoms with Gasteiger partial charge in [-0.2, -0.15) is 0 Å². The van der Waals surface area contributed by atoms with Crippen molar-refractivity contribution < 1.29 is 23.8 Å². The van der Waals surface area contributed by atoms with Gasteiger partial charge in [-0.25, -0.2) is 4.79 Å². The van der Waals surface area contributed by atoms with Crippen LogP contribution in [0.15, 0.2) is 24.3 Å². The number of amides is 1. The molecule has 0 unspecified atom stereocenters. The van der Waals surface area contributed by atoms with Crippen molar-refractivity contribution in [3.05, 3.63) is 29.8 Å². The van der Waals surface area contributed by atoms with E-state index in [1.165, 1.54) is 6.08 Å². The molecule has 1 aliphatic rings. The molecule has 0 heterocycles. The lowest BCUT2D eigenvalue weighted by molar-refractivity contribution is -0.148. The molecule has 0 radical (unpaired) electrons. The second kappa shape index (κ2) is 10.7. The third kappa shape index (κ3) is 6.29. The van der Waals surface area contributed by atoms with E-state index in [2.05, 4.69) is 6.92 Å². The van der Waals surface area contributed by atoms with Gasteiger partial charge in [0.05, 0.1) is 13.7 Å². The number of nitrogens with zero attached hydrogens (tertiary/aromatic N) is 1. The molecule has 0 spiro atoms. The zero-order chi connectivity index (χ0) is 20.5. The molecule has 2 rings (SSSR count). The van der Waals surface area contributed by atoms with E-state index in [9.17, 15) is 9.59 Å². The van der Waals surface area contributed by atoms with E-state index < -0.39 is 5.97 Å². The van der Waals surface area contributed by atoms with Gasteiger partial charge in [-0.3, -0.25) is 4.79 Å². The van der Waals surface area contributed by atoms with Crippen molar-refractivity contribution in [2.24, 2.45) is 5.92 Å². The van der Waals surface area contributed by atoms with Gasteiger partial charge < -0.3 is 19.1 Å². The first-order valence-electron chi connectivity index (χ1n) is 9.85. The summed E-state index contributed by atoms with van der Waals surface area (Å²) < 4.78 is 15.9. The van der Waals surface area contributed by atoms with E-state index in [0.717, 1.165) is 37.2 Å². The van der Waals surface area contributed by atoms with Gasteiger partial charge in [0.2, 0.25) is 0 Å². The van der Waals surface area contributed by atoms with Gasteiger partial charge in [0.25, 0.3) is 5.91 Å². The Hall–Kier alpha value is -2.50. The summed E-state index contributed by atoms with van der Waals surface area (Å²) in [5, 5.41) is 0. The van der Waals surface area contributed by atoms with Crippen LogP contribution < -0.4 is 9.47 Å². The van der Waals surface area contributed by atoms with Gasteiger partial charge in [0.1, 0.15) is 0 Å². The number of benzene rings is 1. The molecule has 0 aromatic heterocycles. The number of methoxy groups -OCH3 is 1. The highest BCUT2D eigenvalue weighted by molar-refractivity contribution is 5.89. The Morgan fingerprint density at radius 3 is 2.54 bits per heavy atom. The number of rotatable bonds is 8. The summed E-state index contributed by atoms with van der Waals surface area (Å²) in [6.45, 7) is 4.45. The Labute approximate surface area is 167 Å². The van der Waals surface area contributed by atoms with Crippen LogP contribution in [-0.2, 0) is 14.3 Å². The number of carbonyl (C=O) groups excluding carboxylic acids is 2. The smallest absolute Gasteiger partial charge is 0.331 e. The fourth-order valence-corrected chi connectivity index (χ4v) is 3.34. The topological polar surface area (TPSA) is 65.1 Å². The van der Waals surface area contributed by atoms with Crippen molar-refractivity contribution in [2.75, 3.05) is 27.4 Å². The lowest BCUT2D eigenvalue weighted by Crippen LogP contribution is -2.41. The Balaban J connectivity index is 1.83. The van der Waals surface area contributed by atoms with Crippen molar-refractivity contribution in [2.45, 2.75) is 45.6 Å². The zero-order valence-electron chi connectivity index (χ0n) is 17.3. The van der Waals surface area contributed by atoms with Crippen LogP contribution in [0.25, 0.3) is 6.08 Å². The SMILES string of the molecule is CCOc1ccc(/C=C/C(=O)OCC(=O)N(C)C2CCC(C)CC2)cc1OC. The molecule has 154 valence electrons. The van der Waals surface area contributed by atoms with E-state index in [0.29, 0.717) is 18.1 Å². The number of hydrogen-bond donors (Lipinski definition) is 0. The molecule has 1 amide bonds. The van der Waals surface area contributed by atoms with Crippen LogP contribution >= 0.6 is 0 Å². The molecule has 1 fully saturated rings. The summed E-state index contributed by atoms with van der Waals surface area (Å²) >= 11 is 0. The van der Waals surface area contributed by atoms with Crippen LogP contribution in [0.1, 0.15) is 45.1 Å². The number of likely N-dealkylation sites (N-methyl/N-ethyl adjacent to an activating group) is 1. The highest BCUT2D eigenvalue weighted by Crippen LogP contribution is 2.28. The normalized spacial score (nSPS) is 19.3. The van der Waals surface area contributed by atoms with E-state index in [-0.39, 0.29) is 18.6 Å². The van der Waals surface area contributed by atoms with Crippen molar-refractivity contribution in [3.63, 3.8) is 0 Å². The number of hydrogen-bond acceptors (Lipinski definition) is 5. The minimum absolute atomic E-state index is 0.163. The predicted molar refractivity (Wildman–Crippen MR) is 108 cm³/mol. The average Bonchev–Trinajstić information content (AvgIpc) is 2.71. The second-order valence-corrected chi connectivity index (χ2v) is 7.20. The third-order valence-corrected chi connectivity index (χ3v) is 5.16. The number of carbonyl (C=O) groups is 2. The minimum atomic E-state index is -0.549. The van der Waals surface area contributed by atoms with Crippen molar-refractivity contribution >= 4 is 18.0 Å². The first-order valence-corrected chi connectivity index (χ1v) is 9.85. The zero-order valence-corrected chi connectivity index (χ0v) is 17.3. The van der Waals surface area contributed by atoms with Gasteiger partial charge in [0.15, 0.2) is 18.1 Å². The van der Waals surface area contributed by atoms with Gasteiger partial charge >= 0.3 is 5.97 Å². The van der Waals surface area contributed by atoms with Gasteiger partial charge in [0, 0.05) is 19.2 Å². The molecule has 1 aromatic carbocycles. The fraction of sp³-hybridized carbons (Fsp3) is 0.545. The second-order valence-electron chi connectivity index (χ2n) is 7.20. The first-order chi connectivity index (χ1) is 13.4. The van der Waals surface area contributed by atoms with E-state index in [4.69, 9.17) is 14.2 Å². The van der Waals surface area contributed by atoms with Crippen molar-refractivity contribution in [3.8, 4) is 11.5 Å². The number of esters is 1. The van der Waals surface area contributed by atoms with Crippen LogP contribution in [0.4, 0.5) is 0 Å². The molecule has 1 saturated carbocycles. The lowest BCUT2D eigenvalue weighted by atomic mass is 9.87. The molecule has 0 aliphatic heterocycles. The maximum absolute atomic E-state index is 12.3. The largest absolute Gasteiger partial charge is 0.493 e. The van der Waals surface area contributed by atoms with E-state index in [1.807, 2.05) is 13.0 Å². The Morgan fingerprint density at radius 1 is 1.18 bits per heavy atom. The quantitative estimate of drug-likeness (QED) is 0.501. The molecule has 0 bridgehead atoms. The first kappa shape index (κ1) is 21.8. The summed E-state index contributed by atoms with van der Waals surface area (Å²) in [7, 11) is 3.35. The molecule has 0 saturated heterocycles. The summed E-state index contributed by atoms with van der Waals surface area (Å²) in [4.78, 5) is 26.0. The standard InChI is InChI=1S/C22H31NO5/c1-5-27-19-12-8-17(14-20(19)26-4)9-13-22(25)28-15-21(24)23(3)18-10-6-16(2)7-11-18/h8-9,12-14,16,18H,5-7,10-11,15H2,1-4H3/b13-9+. The maximum Gasteiger partial charge on any atom is 0.331 e. The van der Waals surface area contributed by atoms with Gasteiger partial charge in [-0.1, -0.05) is 13.0 Å². The Kier molecular flexibility index (Phi) is 8.36. The molecule has 0 atom stereocenters. The third-order valence-electron chi connectivity index (χ3n) is 5.16. The molecule has 0 N–H and O–H groups in total. The van der Waals surface area contributed by atoms with Crippen LogP contribution in [-0.4, -0.2) is 50.2 Å². The predicted octanol–water partition coefficient (Wildman–Crippen LogP) is 3.69. The van der Waals surface area contributed by atoms with E-state index >= 15 is 0 Å². The average molecular weight is 389 g/mol. The highest BCUT2D eigenvalue weighted by Gasteiger charge is 2.25. The minimum Gasteiger partial charge on any atom is -0.493 e. The maximum atomic E-state index is 12.3. The molecule has 1 aromatic rings. The van der Waals surface area contributed by atoms with Crippen LogP contribution in [0.2, 0.25) is 0 Å². The van der Waals surface area contributed by atoms with Crippen molar-refractivity contribution in [1.29, 1.82) is 0 Å². The fourth-order valence-electron chi connectivity index (χ4n) is 3.34. The summed E-state index contributed by atoms with van der Waals surface area (Å²) in [6, 6.07) is 5.63. The monoisotopic (exact) mass is 389 g/mol. The van der Waals surface area contributed by atoms with E-state index in [1.54, 1.807) is 37.3 Å². The molecule has 6 nitrogen and oxygen atoms in total. The van der Waals surface area contributed by atoms with Crippen molar-refractivity contribution in [1.82, 2.24) is 4.90 Å². The summed E-state index contributed by atoms with van der Waals surface area (Å²) in [6.07, 6.45) is 7.22. The lowest BCUT2D eigenvalue weighted by Gasteiger charge is -2.33. The van der Waals surface area contributed by atoms with Crippen LogP contribution in [0.5, 0.6) is 11.5 Å². The molecular weight excluding hydrogens is 358 g/mol. The van der Waals surface area contributed by atoms with Gasteiger partial charge in [-0.05, 0) is 62.3 Å². The van der Waals surface area contributed by atoms with Crippen LogP contribution in [0, 0.1) is 5.92 Å². The molecule has 28 heavy (non-hydrogen) atoms. The summed E-state index contributed by atoms with van der Waals surface area (Å²) in [5.41, 5.74) is 0.775. The molecule has 1 aliphatic carbocycles. The molecule has 6 heteroatoms. The Morgan fingerprint density at radius 2 is 1.89 bits per heavy atom. The Bertz CT molecular complexity index is 692. The van der Waals surface area contributed by atoms with Crippen LogP contribution in [0.3, 0.4) is 0 Å². The number of ether oxygens (including phenoxy) is 3. The molecular formula is C22H31NO5.